The smallest absolute Gasteiger partial charge is 0.410 e. The van der Waals surface area contributed by atoms with Crippen molar-refractivity contribution in [3.63, 3.8) is 0 Å². The molecule has 26 heavy (non-hydrogen) atoms. The normalized spacial score (nSPS) is 21.0. The molecule has 2 aliphatic rings. The second kappa shape index (κ2) is 8.21. The molecule has 3 amide bonds. The van der Waals surface area contributed by atoms with Gasteiger partial charge in [0, 0.05) is 32.1 Å². The molecule has 0 unspecified atom stereocenters. The van der Waals surface area contributed by atoms with Crippen molar-refractivity contribution in [2.24, 2.45) is 0 Å². The third-order valence-corrected chi connectivity index (χ3v) is 4.98. The van der Waals surface area contributed by atoms with Gasteiger partial charge in [0.15, 0.2) is 0 Å². The van der Waals surface area contributed by atoms with Crippen LogP contribution < -0.4 is 0 Å². The molecular formula is C19H25N3O4. The van der Waals surface area contributed by atoms with E-state index in [2.05, 4.69) is 0 Å². The van der Waals surface area contributed by atoms with Crippen LogP contribution in [0.25, 0.3) is 0 Å². The highest BCUT2D eigenvalue weighted by molar-refractivity contribution is 5.84. The van der Waals surface area contributed by atoms with Crippen LogP contribution in [0.5, 0.6) is 0 Å². The lowest BCUT2D eigenvalue weighted by molar-refractivity contribution is -0.133. The van der Waals surface area contributed by atoms with Gasteiger partial charge in [-0.2, -0.15) is 0 Å². The monoisotopic (exact) mass is 359 g/mol. The van der Waals surface area contributed by atoms with E-state index in [4.69, 9.17) is 4.74 Å². The number of rotatable bonds is 5. The minimum Gasteiger partial charge on any atom is -0.448 e. The molecule has 7 heteroatoms. The van der Waals surface area contributed by atoms with E-state index in [0.717, 1.165) is 12.0 Å². The Kier molecular flexibility index (Phi) is 5.75. The topological polar surface area (TPSA) is 70.2 Å². The van der Waals surface area contributed by atoms with Crippen LogP contribution in [-0.4, -0.2) is 71.4 Å². The Morgan fingerprint density at radius 1 is 1.19 bits per heavy atom. The Labute approximate surface area is 153 Å². The zero-order valence-corrected chi connectivity index (χ0v) is 15.1. The van der Waals surface area contributed by atoms with Gasteiger partial charge in [0.1, 0.15) is 13.2 Å². The van der Waals surface area contributed by atoms with Gasteiger partial charge in [-0.25, -0.2) is 4.79 Å². The maximum Gasteiger partial charge on any atom is 0.410 e. The molecule has 0 aromatic heterocycles. The van der Waals surface area contributed by atoms with Crippen LogP contribution in [-0.2, 0) is 20.9 Å². The quantitative estimate of drug-likeness (QED) is 0.798. The minimum absolute atomic E-state index is 0.0160. The third kappa shape index (κ3) is 4.15. The van der Waals surface area contributed by atoms with Gasteiger partial charge in [-0.1, -0.05) is 37.3 Å². The van der Waals surface area contributed by atoms with E-state index in [1.807, 2.05) is 42.2 Å². The van der Waals surface area contributed by atoms with E-state index in [9.17, 15) is 14.4 Å². The first-order chi connectivity index (χ1) is 12.6. The fourth-order valence-electron chi connectivity index (χ4n) is 3.43. The largest absolute Gasteiger partial charge is 0.448 e. The lowest BCUT2D eigenvalue weighted by atomic mass is 10.1. The van der Waals surface area contributed by atoms with Crippen LogP contribution >= 0.6 is 0 Å². The summed E-state index contributed by atoms with van der Waals surface area (Å²) >= 11 is 0. The molecule has 1 atom stereocenters. The minimum atomic E-state index is -0.443. The predicted octanol–water partition coefficient (Wildman–Crippen LogP) is 1.48. The molecule has 0 aliphatic carbocycles. The molecule has 0 N–H and O–H groups in total. The highest BCUT2D eigenvalue weighted by Gasteiger charge is 2.32. The maximum absolute atomic E-state index is 12.7. The average molecular weight is 359 g/mol. The zero-order chi connectivity index (χ0) is 18.5. The molecule has 7 nitrogen and oxygen atoms in total. The lowest BCUT2D eigenvalue weighted by Gasteiger charge is -2.31. The number of carbonyl (C=O) groups is 3. The molecule has 2 fully saturated rings. The Bertz CT molecular complexity index is 664. The van der Waals surface area contributed by atoms with Crippen molar-refractivity contribution in [1.29, 1.82) is 0 Å². The van der Waals surface area contributed by atoms with Crippen LogP contribution in [0.1, 0.15) is 25.3 Å². The second-order valence-corrected chi connectivity index (χ2v) is 6.69. The molecule has 0 bridgehead atoms. The number of hydrogen-bond donors (Lipinski definition) is 0. The Hall–Kier alpha value is -2.57. The first-order valence-corrected chi connectivity index (χ1v) is 9.11. The van der Waals surface area contributed by atoms with Crippen molar-refractivity contribution >= 4 is 17.9 Å². The number of nitrogens with zero attached hydrogens (tertiary/aromatic N) is 3. The number of carbonyl (C=O) groups excluding carboxylic acids is 3. The van der Waals surface area contributed by atoms with Gasteiger partial charge in [0.25, 0.3) is 0 Å². The summed E-state index contributed by atoms with van der Waals surface area (Å²) in [5.41, 5.74) is 1.08. The number of ether oxygens (including phenoxy) is 1. The predicted molar refractivity (Wildman–Crippen MR) is 95.2 cm³/mol. The van der Waals surface area contributed by atoms with E-state index in [0.29, 0.717) is 39.2 Å². The summed E-state index contributed by atoms with van der Waals surface area (Å²) < 4.78 is 4.88. The van der Waals surface area contributed by atoms with Crippen LogP contribution in [0.4, 0.5) is 4.79 Å². The van der Waals surface area contributed by atoms with Crippen molar-refractivity contribution in [1.82, 2.24) is 14.7 Å². The summed E-state index contributed by atoms with van der Waals surface area (Å²) in [6.45, 7) is 4.25. The van der Waals surface area contributed by atoms with Gasteiger partial charge in [-0.15, -0.1) is 0 Å². The maximum atomic E-state index is 12.7. The van der Waals surface area contributed by atoms with Gasteiger partial charge in [0.05, 0.1) is 6.54 Å². The highest BCUT2D eigenvalue weighted by Crippen LogP contribution is 2.18. The number of benzene rings is 1. The standard InChI is InChI=1S/C19H25N3O4/c1-2-16-13-20(18(24)14-21-10-11-26-19(21)25)9-8-17(23)22(16)12-15-6-4-3-5-7-15/h3-7,16H,2,8-14H2,1H3/t16-/m1/s1. The van der Waals surface area contributed by atoms with Crippen molar-refractivity contribution in [2.75, 3.05) is 32.8 Å². The molecule has 0 radical (unpaired) electrons. The molecule has 2 heterocycles. The molecule has 140 valence electrons. The van der Waals surface area contributed by atoms with Crippen molar-refractivity contribution < 1.29 is 19.1 Å². The fourth-order valence-corrected chi connectivity index (χ4v) is 3.43. The summed E-state index contributed by atoms with van der Waals surface area (Å²) in [7, 11) is 0. The number of amides is 3. The molecular weight excluding hydrogens is 334 g/mol. The van der Waals surface area contributed by atoms with Crippen molar-refractivity contribution in [3.05, 3.63) is 35.9 Å². The van der Waals surface area contributed by atoms with Crippen LogP contribution in [0, 0.1) is 0 Å². The summed E-state index contributed by atoms with van der Waals surface area (Å²) in [6.07, 6.45) is 0.634. The zero-order valence-electron chi connectivity index (χ0n) is 15.1. The summed E-state index contributed by atoms with van der Waals surface area (Å²) in [5, 5.41) is 0. The summed E-state index contributed by atoms with van der Waals surface area (Å²) in [5.74, 6) is -0.0618. The molecule has 3 rings (SSSR count). The first kappa shape index (κ1) is 18.2. The molecule has 1 aromatic rings. The van der Waals surface area contributed by atoms with E-state index >= 15 is 0 Å². The third-order valence-electron chi connectivity index (χ3n) is 4.98. The van der Waals surface area contributed by atoms with E-state index < -0.39 is 6.09 Å². The Balaban J connectivity index is 1.67. The number of cyclic esters (lactones) is 1. The fraction of sp³-hybridized carbons (Fsp3) is 0.526. The first-order valence-electron chi connectivity index (χ1n) is 9.11. The van der Waals surface area contributed by atoms with Crippen LogP contribution in [0.3, 0.4) is 0 Å². The van der Waals surface area contributed by atoms with Crippen LogP contribution in [0.15, 0.2) is 30.3 Å². The summed E-state index contributed by atoms with van der Waals surface area (Å²) in [4.78, 5) is 41.9. The SMILES string of the molecule is CC[C@@H]1CN(C(=O)CN2CCOC2=O)CCC(=O)N1Cc1ccccc1. The molecule has 1 aromatic carbocycles. The van der Waals surface area contributed by atoms with Gasteiger partial charge in [0.2, 0.25) is 11.8 Å². The van der Waals surface area contributed by atoms with E-state index in [-0.39, 0.29) is 24.4 Å². The van der Waals surface area contributed by atoms with E-state index in [1.165, 1.54) is 4.90 Å². The molecule has 0 saturated carbocycles. The van der Waals surface area contributed by atoms with Crippen molar-refractivity contribution in [2.45, 2.75) is 32.4 Å². The molecule has 2 aliphatic heterocycles. The highest BCUT2D eigenvalue weighted by atomic mass is 16.6. The van der Waals surface area contributed by atoms with Crippen molar-refractivity contribution in [3.8, 4) is 0 Å². The van der Waals surface area contributed by atoms with Gasteiger partial charge in [-0.05, 0) is 12.0 Å². The second-order valence-electron chi connectivity index (χ2n) is 6.69. The van der Waals surface area contributed by atoms with E-state index in [1.54, 1.807) is 4.90 Å². The lowest BCUT2D eigenvalue weighted by Crippen LogP contribution is -2.46. The number of hydrogen-bond acceptors (Lipinski definition) is 4. The Morgan fingerprint density at radius 3 is 2.62 bits per heavy atom. The van der Waals surface area contributed by atoms with Gasteiger partial charge >= 0.3 is 6.09 Å². The molecule has 2 saturated heterocycles. The average Bonchev–Trinajstić information content (AvgIpc) is 2.97. The molecule has 0 spiro atoms. The van der Waals surface area contributed by atoms with Gasteiger partial charge < -0.3 is 14.5 Å². The Morgan fingerprint density at radius 2 is 1.96 bits per heavy atom. The van der Waals surface area contributed by atoms with Crippen LogP contribution in [0.2, 0.25) is 0 Å². The van der Waals surface area contributed by atoms with Gasteiger partial charge in [-0.3, -0.25) is 14.5 Å². The summed E-state index contributed by atoms with van der Waals surface area (Å²) in [6, 6.07) is 9.86.